The first-order chi connectivity index (χ1) is 10.5. The topological polar surface area (TPSA) is 43.4 Å². The summed E-state index contributed by atoms with van der Waals surface area (Å²) >= 11 is 6.01. The molecule has 1 atom stereocenters. The van der Waals surface area contributed by atoms with Crippen molar-refractivity contribution in [2.24, 2.45) is 0 Å². The van der Waals surface area contributed by atoms with Gasteiger partial charge in [-0.3, -0.25) is 4.79 Å². The molecule has 1 aromatic rings. The van der Waals surface area contributed by atoms with Gasteiger partial charge in [0.05, 0.1) is 6.42 Å². The van der Waals surface area contributed by atoms with E-state index in [4.69, 9.17) is 16.3 Å². The second-order valence-electron chi connectivity index (χ2n) is 5.06. The first-order valence-electron chi connectivity index (χ1n) is 7.00. The maximum atomic E-state index is 11.9. The van der Waals surface area contributed by atoms with Crippen LogP contribution >= 0.6 is 11.6 Å². The molecule has 114 valence electrons. The lowest BCUT2D eigenvalue weighted by Gasteiger charge is -2.11. The quantitative estimate of drug-likeness (QED) is 0.466. The minimum atomic E-state index is -0.489. The summed E-state index contributed by atoms with van der Waals surface area (Å²) in [6.45, 7) is 5.45. The van der Waals surface area contributed by atoms with Gasteiger partial charge in [-0.1, -0.05) is 35.9 Å². The molecule has 0 heterocycles. The molecule has 0 amide bonds. The van der Waals surface area contributed by atoms with Crippen LogP contribution in [0, 0.1) is 0 Å². The normalized spacial score (nSPS) is 18.1. The Morgan fingerprint density at radius 1 is 1.45 bits per heavy atom. The van der Waals surface area contributed by atoms with E-state index in [1.54, 1.807) is 24.3 Å². The minimum Gasteiger partial charge on any atom is -0.454 e. The second-order valence-corrected chi connectivity index (χ2v) is 5.47. The number of ether oxygens (including phenoxy) is 1. The van der Waals surface area contributed by atoms with Crippen LogP contribution in [0.1, 0.15) is 25.3 Å². The van der Waals surface area contributed by atoms with E-state index < -0.39 is 12.1 Å². The molecule has 0 fully saturated rings. The minimum absolute atomic E-state index is 0.0188. The van der Waals surface area contributed by atoms with E-state index in [0.717, 1.165) is 11.1 Å². The van der Waals surface area contributed by atoms with Crippen molar-refractivity contribution in [2.45, 2.75) is 25.9 Å². The van der Waals surface area contributed by atoms with E-state index in [1.807, 2.05) is 19.1 Å². The second kappa shape index (κ2) is 7.23. The molecule has 0 spiro atoms. The van der Waals surface area contributed by atoms with Crippen molar-refractivity contribution in [1.29, 1.82) is 0 Å². The standard InChI is InChI=1S/C18H17ClO3/c1-3-6-14-12(2)17(11-16(14)20)22-18(21)10-9-13-7-4-5-8-15(13)19/h3-5,7-10,17H,1,6,11H2,2H3/b10-9+. The summed E-state index contributed by atoms with van der Waals surface area (Å²) in [5, 5.41) is 0.562. The van der Waals surface area contributed by atoms with Gasteiger partial charge in [0.25, 0.3) is 0 Å². The van der Waals surface area contributed by atoms with Crippen molar-refractivity contribution >= 4 is 29.4 Å². The Hall–Kier alpha value is -2.13. The van der Waals surface area contributed by atoms with Crippen LogP contribution in [-0.4, -0.2) is 17.9 Å². The maximum absolute atomic E-state index is 11.9. The summed E-state index contributed by atoms with van der Waals surface area (Å²) < 4.78 is 5.35. The number of hydrogen-bond donors (Lipinski definition) is 0. The molecule has 0 bridgehead atoms. The molecular formula is C18H17ClO3. The summed E-state index contributed by atoms with van der Waals surface area (Å²) in [4.78, 5) is 23.8. The van der Waals surface area contributed by atoms with Gasteiger partial charge in [-0.05, 0) is 36.6 Å². The third-order valence-corrected chi connectivity index (χ3v) is 3.92. The molecule has 0 aromatic heterocycles. The third-order valence-electron chi connectivity index (χ3n) is 3.58. The Morgan fingerprint density at radius 3 is 2.86 bits per heavy atom. The van der Waals surface area contributed by atoms with Gasteiger partial charge in [0.1, 0.15) is 6.10 Å². The third kappa shape index (κ3) is 3.74. The van der Waals surface area contributed by atoms with E-state index in [-0.39, 0.29) is 12.2 Å². The van der Waals surface area contributed by atoms with Crippen molar-refractivity contribution in [3.8, 4) is 0 Å². The van der Waals surface area contributed by atoms with Crippen LogP contribution < -0.4 is 0 Å². The number of ketones is 1. The van der Waals surface area contributed by atoms with Crippen LogP contribution in [0.2, 0.25) is 5.02 Å². The Balaban J connectivity index is 2.03. The molecule has 0 saturated carbocycles. The Bertz CT molecular complexity index is 671. The highest BCUT2D eigenvalue weighted by atomic mass is 35.5. The lowest BCUT2D eigenvalue weighted by molar-refractivity contribution is -0.141. The molecule has 1 aromatic carbocycles. The van der Waals surface area contributed by atoms with Crippen LogP contribution in [0.25, 0.3) is 6.08 Å². The van der Waals surface area contributed by atoms with Crippen LogP contribution in [-0.2, 0) is 14.3 Å². The highest BCUT2D eigenvalue weighted by Crippen LogP contribution is 2.28. The zero-order valence-electron chi connectivity index (χ0n) is 12.3. The number of halogens is 1. The Morgan fingerprint density at radius 2 is 2.18 bits per heavy atom. The molecule has 0 aliphatic heterocycles. The fraction of sp³-hybridized carbons (Fsp3) is 0.222. The summed E-state index contributed by atoms with van der Waals surface area (Å²) in [7, 11) is 0. The summed E-state index contributed by atoms with van der Waals surface area (Å²) in [6, 6.07) is 7.20. The molecule has 0 N–H and O–H groups in total. The summed E-state index contributed by atoms with van der Waals surface area (Å²) in [6.07, 6.45) is 4.84. The van der Waals surface area contributed by atoms with Crippen molar-refractivity contribution < 1.29 is 14.3 Å². The molecule has 0 radical (unpaired) electrons. The zero-order valence-corrected chi connectivity index (χ0v) is 13.1. The van der Waals surface area contributed by atoms with Gasteiger partial charge in [-0.15, -0.1) is 6.58 Å². The van der Waals surface area contributed by atoms with Crippen LogP contribution in [0.4, 0.5) is 0 Å². The Labute approximate surface area is 134 Å². The fourth-order valence-electron chi connectivity index (χ4n) is 2.36. The fourth-order valence-corrected chi connectivity index (χ4v) is 2.55. The Kier molecular flexibility index (Phi) is 5.34. The van der Waals surface area contributed by atoms with Gasteiger partial charge in [0, 0.05) is 16.7 Å². The molecule has 4 heteroatoms. The van der Waals surface area contributed by atoms with Gasteiger partial charge in [-0.25, -0.2) is 4.79 Å². The predicted octanol–water partition coefficient (Wildman–Crippen LogP) is 4.13. The van der Waals surface area contributed by atoms with Gasteiger partial charge in [0.15, 0.2) is 5.78 Å². The van der Waals surface area contributed by atoms with E-state index >= 15 is 0 Å². The molecule has 1 unspecified atom stereocenters. The van der Waals surface area contributed by atoms with Crippen LogP contribution in [0.15, 0.2) is 54.1 Å². The molecule has 1 aliphatic rings. The SMILES string of the molecule is C=CCC1=C(C)C(OC(=O)/C=C/c2ccccc2Cl)CC1=O. The van der Waals surface area contributed by atoms with Crippen molar-refractivity contribution in [3.05, 3.63) is 64.7 Å². The lowest BCUT2D eigenvalue weighted by atomic mass is 10.1. The van der Waals surface area contributed by atoms with Crippen molar-refractivity contribution in [3.63, 3.8) is 0 Å². The maximum Gasteiger partial charge on any atom is 0.331 e. The zero-order chi connectivity index (χ0) is 16.1. The van der Waals surface area contributed by atoms with Crippen molar-refractivity contribution in [1.82, 2.24) is 0 Å². The van der Waals surface area contributed by atoms with Gasteiger partial charge in [-0.2, -0.15) is 0 Å². The first kappa shape index (κ1) is 16.2. The van der Waals surface area contributed by atoms with E-state index in [9.17, 15) is 9.59 Å². The van der Waals surface area contributed by atoms with Gasteiger partial charge in [0.2, 0.25) is 0 Å². The van der Waals surface area contributed by atoms with Crippen LogP contribution in [0.3, 0.4) is 0 Å². The molecule has 0 saturated heterocycles. The molecular weight excluding hydrogens is 300 g/mol. The summed E-state index contributed by atoms with van der Waals surface area (Å²) in [5.74, 6) is -0.470. The molecule has 1 aliphatic carbocycles. The number of carbonyl (C=O) groups excluding carboxylic acids is 2. The average Bonchev–Trinajstić information content (AvgIpc) is 2.74. The monoisotopic (exact) mass is 316 g/mol. The average molecular weight is 317 g/mol. The summed E-state index contributed by atoms with van der Waals surface area (Å²) in [5.41, 5.74) is 2.25. The highest BCUT2D eigenvalue weighted by Gasteiger charge is 2.30. The molecule has 22 heavy (non-hydrogen) atoms. The number of carbonyl (C=O) groups is 2. The van der Waals surface area contributed by atoms with E-state index in [0.29, 0.717) is 17.0 Å². The largest absolute Gasteiger partial charge is 0.454 e. The number of Topliss-reactive ketones (excluding diaryl/α,β-unsaturated/α-hetero) is 1. The first-order valence-corrected chi connectivity index (χ1v) is 7.37. The number of rotatable bonds is 5. The molecule has 2 rings (SSSR count). The van der Waals surface area contributed by atoms with Crippen LogP contribution in [0.5, 0.6) is 0 Å². The number of esters is 1. The lowest BCUT2D eigenvalue weighted by Crippen LogP contribution is -2.16. The highest BCUT2D eigenvalue weighted by molar-refractivity contribution is 6.32. The van der Waals surface area contributed by atoms with Crippen molar-refractivity contribution in [2.75, 3.05) is 0 Å². The number of allylic oxidation sites excluding steroid dienone is 2. The van der Waals surface area contributed by atoms with Gasteiger partial charge >= 0.3 is 5.97 Å². The molecule has 3 nitrogen and oxygen atoms in total. The van der Waals surface area contributed by atoms with E-state index in [1.165, 1.54) is 6.08 Å². The van der Waals surface area contributed by atoms with Gasteiger partial charge < -0.3 is 4.74 Å². The predicted molar refractivity (Wildman–Crippen MR) is 87.5 cm³/mol. The van der Waals surface area contributed by atoms with E-state index in [2.05, 4.69) is 6.58 Å². The number of hydrogen-bond acceptors (Lipinski definition) is 3. The number of benzene rings is 1. The smallest absolute Gasteiger partial charge is 0.331 e.